The van der Waals surface area contributed by atoms with Crippen molar-refractivity contribution in [2.24, 2.45) is 0 Å². The Morgan fingerprint density at radius 1 is 0.815 bits per heavy atom. The van der Waals surface area contributed by atoms with E-state index in [4.69, 9.17) is 9.31 Å². The zero-order chi connectivity index (χ0) is 18.7. The SMILES string of the molecule is C/C=C(/C)B1O[C@@H](c2ccccc2)C(c2ccccc2)(c2ccccc2)O1. The van der Waals surface area contributed by atoms with Crippen molar-refractivity contribution in [2.75, 3.05) is 0 Å². The molecule has 0 radical (unpaired) electrons. The quantitative estimate of drug-likeness (QED) is 0.559. The first-order chi connectivity index (χ1) is 13.3. The van der Waals surface area contributed by atoms with Crippen LogP contribution < -0.4 is 0 Å². The molecule has 1 heterocycles. The van der Waals surface area contributed by atoms with Gasteiger partial charge in [0.1, 0.15) is 11.7 Å². The van der Waals surface area contributed by atoms with Crippen LogP contribution >= 0.6 is 0 Å². The van der Waals surface area contributed by atoms with E-state index >= 15 is 0 Å². The van der Waals surface area contributed by atoms with Crippen molar-refractivity contribution in [2.45, 2.75) is 25.6 Å². The molecule has 27 heavy (non-hydrogen) atoms. The van der Waals surface area contributed by atoms with E-state index in [0.717, 1.165) is 22.2 Å². The average molecular weight is 354 g/mol. The fraction of sp³-hybridized carbons (Fsp3) is 0.167. The highest BCUT2D eigenvalue weighted by Crippen LogP contribution is 2.52. The summed E-state index contributed by atoms with van der Waals surface area (Å²) in [5, 5.41) is 0. The van der Waals surface area contributed by atoms with Crippen molar-refractivity contribution in [3.8, 4) is 0 Å². The minimum atomic E-state index is -0.710. The first-order valence-corrected chi connectivity index (χ1v) is 9.38. The van der Waals surface area contributed by atoms with Crippen molar-refractivity contribution in [3.63, 3.8) is 0 Å². The van der Waals surface area contributed by atoms with Gasteiger partial charge in [-0.3, -0.25) is 0 Å². The number of rotatable bonds is 4. The standard InChI is InChI=1S/C24H23BO2/c1-3-19(2)25-26-23(20-13-7-4-8-14-20)24(27-25,21-15-9-5-10-16-21)22-17-11-6-12-18-22/h3-18,23H,1-2H3/b19-3-/t23-/m0/s1. The van der Waals surface area contributed by atoms with Crippen molar-refractivity contribution < 1.29 is 9.31 Å². The van der Waals surface area contributed by atoms with Crippen molar-refractivity contribution in [3.05, 3.63) is 119 Å². The maximum atomic E-state index is 6.75. The number of hydrogen-bond acceptors (Lipinski definition) is 2. The molecule has 3 heteroatoms. The molecule has 3 aromatic rings. The predicted molar refractivity (Wildman–Crippen MR) is 110 cm³/mol. The first-order valence-electron chi connectivity index (χ1n) is 9.38. The van der Waals surface area contributed by atoms with Crippen molar-refractivity contribution in [1.29, 1.82) is 0 Å². The van der Waals surface area contributed by atoms with Crippen molar-refractivity contribution >= 4 is 7.12 Å². The molecule has 1 aliphatic heterocycles. The Hall–Kier alpha value is -2.62. The highest BCUT2D eigenvalue weighted by Gasteiger charge is 2.54. The van der Waals surface area contributed by atoms with E-state index in [1.54, 1.807) is 0 Å². The van der Waals surface area contributed by atoms with Crippen molar-refractivity contribution in [1.82, 2.24) is 0 Å². The second-order valence-electron chi connectivity index (χ2n) is 6.88. The van der Waals surface area contributed by atoms with Gasteiger partial charge in [-0.2, -0.15) is 0 Å². The monoisotopic (exact) mass is 354 g/mol. The summed E-state index contributed by atoms with van der Waals surface area (Å²) in [6.07, 6.45) is 1.81. The van der Waals surface area contributed by atoms with Crippen LogP contribution in [-0.4, -0.2) is 7.12 Å². The fourth-order valence-corrected chi connectivity index (χ4v) is 3.73. The Morgan fingerprint density at radius 3 is 1.78 bits per heavy atom. The van der Waals surface area contributed by atoms with Crippen LogP contribution in [0.3, 0.4) is 0 Å². The highest BCUT2D eigenvalue weighted by molar-refractivity contribution is 6.54. The van der Waals surface area contributed by atoms with Crippen LogP contribution in [0.25, 0.3) is 0 Å². The largest absolute Gasteiger partial charge is 0.490 e. The third kappa shape index (κ3) is 3.14. The second kappa shape index (κ2) is 7.55. The molecule has 1 saturated heterocycles. The van der Waals surface area contributed by atoms with E-state index in [-0.39, 0.29) is 13.2 Å². The maximum Gasteiger partial charge on any atom is 0.490 e. The predicted octanol–water partition coefficient (Wildman–Crippen LogP) is 5.71. The molecule has 0 unspecified atom stereocenters. The average Bonchev–Trinajstić information content (AvgIpc) is 3.17. The molecule has 0 N–H and O–H groups in total. The van der Waals surface area contributed by atoms with Gasteiger partial charge in [-0.05, 0) is 36.0 Å². The minimum absolute atomic E-state index is 0.247. The molecule has 134 valence electrons. The molecular weight excluding hydrogens is 331 g/mol. The van der Waals surface area contributed by atoms with Gasteiger partial charge in [-0.1, -0.05) is 97.1 Å². The minimum Gasteiger partial charge on any atom is -0.397 e. The summed E-state index contributed by atoms with van der Waals surface area (Å²) in [4.78, 5) is 0. The van der Waals surface area contributed by atoms with Gasteiger partial charge in [0.15, 0.2) is 0 Å². The molecule has 1 atom stereocenters. The van der Waals surface area contributed by atoms with E-state index < -0.39 is 5.60 Å². The molecule has 2 nitrogen and oxygen atoms in total. The molecule has 0 bridgehead atoms. The number of allylic oxidation sites excluding steroid dienone is 2. The summed E-state index contributed by atoms with van der Waals surface area (Å²) in [5.74, 6) is 0. The van der Waals surface area contributed by atoms with E-state index in [1.165, 1.54) is 0 Å². The fourth-order valence-electron chi connectivity index (χ4n) is 3.73. The lowest BCUT2D eigenvalue weighted by molar-refractivity contribution is 0.0728. The molecule has 0 amide bonds. The Kier molecular flexibility index (Phi) is 4.98. The van der Waals surface area contributed by atoms with Crippen LogP contribution in [0.1, 0.15) is 36.6 Å². The Balaban J connectivity index is 1.96. The van der Waals surface area contributed by atoms with Gasteiger partial charge >= 0.3 is 7.12 Å². The van der Waals surface area contributed by atoms with Gasteiger partial charge in [-0.15, -0.1) is 0 Å². The molecule has 4 rings (SSSR count). The zero-order valence-electron chi connectivity index (χ0n) is 15.7. The second-order valence-corrected chi connectivity index (χ2v) is 6.88. The third-order valence-corrected chi connectivity index (χ3v) is 5.26. The molecule has 1 fully saturated rings. The lowest BCUT2D eigenvalue weighted by Crippen LogP contribution is -2.34. The third-order valence-electron chi connectivity index (χ3n) is 5.26. The Morgan fingerprint density at radius 2 is 1.30 bits per heavy atom. The van der Waals surface area contributed by atoms with Gasteiger partial charge in [0.2, 0.25) is 0 Å². The summed E-state index contributed by atoms with van der Waals surface area (Å²) >= 11 is 0. The van der Waals surface area contributed by atoms with E-state index in [2.05, 4.69) is 85.8 Å². The normalized spacial score (nSPS) is 19.3. The van der Waals surface area contributed by atoms with E-state index in [1.807, 2.05) is 25.1 Å². The summed E-state index contributed by atoms with van der Waals surface area (Å²) < 4.78 is 13.3. The van der Waals surface area contributed by atoms with Crippen LogP contribution in [-0.2, 0) is 14.9 Å². The molecule has 0 aliphatic carbocycles. The summed E-state index contributed by atoms with van der Waals surface area (Å²) in [6.45, 7) is 4.07. The molecule has 0 saturated carbocycles. The first kappa shape index (κ1) is 17.8. The number of hydrogen-bond donors (Lipinski definition) is 0. The Bertz CT molecular complexity index is 867. The topological polar surface area (TPSA) is 18.5 Å². The van der Waals surface area contributed by atoms with Gasteiger partial charge in [0, 0.05) is 0 Å². The van der Waals surface area contributed by atoms with Gasteiger partial charge in [0.25, 0.3) is 0 Å². The van der Waals surface area contributed by atoms with Crippen LogP contribution in [0.2, 0.25) is 0 Å². The Labute approximate surface area is 161 Å². The molecule has 0 spiro atoms. The lowest BCUT2D eigenvalue weighted by Gasteiger charge is -2.35. The molecule has 3 aromatic carbocycles. The summed E-state index contributed by atoms with van der Waals surface area (Å²) in [7, 11) is -0.388. The van der Waals surface area contributed by atoms with E-state index in [9.17, 15) is 0 Å². The van der Waals surface area contributed by atoms with Gasteiger partial charge in [0.05, 0.1) is 0 Å². The molecular formula is C24H23BO2. The maximum absolute atomic E-state index is 6.75. The van der Waals surface area contributed by atoms with Gasteiger partial charge in [-0.25, -0.2) is 0 Å². The number of benzene rings is 3. The molecule has 0 aromatic heterocycles. The summed E-state index contributed by atoms with van der Waals surface area (Å²) in [5.41, 5.74) is 3.66. The molecule has 1 aliphatic rings. The smallest absolute Gasteiger partial charge is 0.397 e. The van der Waals surface area contributed by atoms with Crippen LogP contribution in [0.4, 0.5) is 0 Å². The zero-order valence-corrected chi connectivity index (χ0v) is 15.7. The van der Waals surface area contributed by atoms with Crippen LogP contribution in [0, 0.1) is 0 Å². The van der Waals surface area contributed by atoms with E-state index in [0.29, 0.717) is 0 Å². The van der Waals surface area contributed by atoms with Crippen LogP contribution in [0.15, 0.2) is 103 Å². The van der Waals surface area contributed by atoms with Gasteiger partial charge < -0.3 is 9.31 Å². The van der Waals surface area contributed by atoms with Crippen LogP contribution in [0.5, 0.6) is 0 Å². The summed E-state index contributed by atoms with van der Waals surface area (Å²) in [6, 6.07) is 31.1. The highest BCUT2D eigenvalue weighted by atomic mass is 16.7. The lowest BCUT2D eigenvalue weighted by atomic mass is 9.77.